The molecule has 0 aromatic carbocycles. The first-order chi connectivity index (χ1) is 9.16. The van der Waals surface area contributed by atoms with E-state index in [1.54, 1.807) is 6.07 Å². The fourth-order valence-corrected chi connectivity index (χ4v) is 2.05. The molecule has 1 aromatic heterocycles. The van der Waals surface area contributed by atoms with Gasteiger partial charge >= 0.3 is 13.1 Å². The maximum Gasteiger partial charge on any atom is 0.514 e. The summed E-state index contributed by atoms with van der Waals surface area (Å²) in [5, 5.41) is 0.192. The molecular weight excluding hydrogens is 280 g/mol. The lowest BCUT2D eigenvalue weighted by Gasteiger charge is -2.32. The van der Waals surface area contributed by atoms with Crippen molar-refractivity contribution in [1.29, 1.82) is 0 Å². The summed E-state index contributed by atoms with van der Waals surface area (Å²) in [5.74, 6) is -0.480. The molecule has 0 bridgehead atoms. The first-order valence-corrected chi connectivity index (χ1v) is 6.65. The van der Waals surface area contributed by atoms with Crippen LogP contribution in [0.4, 0.5) is 0 Å². The Morgan fingerprint density at radius 1 is 1.25 bits per heavy atom. The molecule has 1 aliphatic heterocycles. The molecule has 0 atom stereocenters. The van der Waals surface area contributed by atoms with Gasteiger partial charge in [-0.2, -0.15) is 0 Å². The molecule has 0 N–H and O–H groups in total. The zero-order valence-electron chi connectivity index (χ0n) is 12.2. The van der Waals surface area contributed by atoms with Gasteiger partial charge in [-0.15, -0.1) is 0 Å². The number of rotatable bonds is 2. The lowest BCUT2D eigenvalue weighted by Crippen LogP contribution is -2.41. The minimum absolute atomic E-state index is 0.192. The molecule has 2 heterocycles. The van der Waals surface area contributed by atoms with Crippen LogP contribution in [0.15, 0.2) is 12.1 Å². The Morgan fingerprint density at radius 2 is 1.80 bits per heavy atom. The largest absolute Gasteiger partial charge is 0.514 e. The summed E-state index contributed by atoms with van der Waals surface area (Å²) in [5.41, 5.74) is -0.186. The van der Waals surface area contributed by atoms with Crippen LogP contribution in [0.5, 0.6) is 0 Å². The molecule has 0 spiro atoms. The van der Waals surface area contributed by atoms with Crippen molar-refractivity contribution in [2.75, 3.05) is 7.11 Å². The van der Waals surface area contributed by atoms with Crippen molar-refractivity contribution in [1.82, 2.24) is 4.98 Å². The number of hydrogen-bond acceptors (Lipinski definition) is 5. The molecule has 108 valence electrons. The second-order valence-electron chi connectivity index (χ2n) is 5.68. The first kappa shape index (κ1) is 15.3. The van der Waals surface area contributed by atoms with Crippen LogP contribution in [0.1, 0.15) is 38.1 Å². The van der Waals surface area contributed by atoms with Crippen LogP contribution >= 0.6 is 11.6 Å². The molecule has 1 aromatic rings. The number of methoxy groups -OCH3 is 1. The number of nitrogens with zero attached hydrogens (tertiary/aromatic N) is 1. The van der Waals surface area contributed by atoms with E-state index in [-0.39, 0.29) is 5.15 Å². The molecular formula is C13H17BClNO4. The number of ether oxygens (including phenoxy) is 1. The van der Waals surface area contributed by atoms with Crippen molar-refractivity contribution < 1.29 is 18.8 Å². The first-order valence-electron chi connectivity index (χ1n) is 6.28. The van der Waals surface area contributed by atoms with E-state index in [1.807, 2.05) is 27.7 Å². The van der Waals surface area contributed by atoms with Crippen molar-refractivity contribution in [2.45, 2.75) is 38.9 Å². The summed E-state index contributed by atoms with van der Waals surface area (Å²) < 4.78 is 16.4. The molecule has 5 nitrogen and oxygen atoms in total. The number of hydrogen-bond donors (Lipinski definition) is 0. The van der Waals surface area contributed by atoms with Crippen LogP contribution in [0, 0.1) is 0 Å². The third kappa shape index (κ3) is 2.68. The highest BCUT2D eigenvalue weighted by atomic mass is 35.5. The van der Waals surface area contributed by atoms with Gasteiger partial charge in [-0.25, -0.2) is 9.78 Å². The normalized spacial score (nSPS) is 20.0. The maximum atomic E-state index is 11.6. The van der Waals surface area contributed by atoms with Gasteiger partial charge in [0.25, 0.3) is 0 Å². The SMILES string of the molecule is COC(=O)c1cc(Cl)nc(B2OC(C)(C)C(C)(C)O2)c1. The minimum atomic E-state index is -0.665. The standard InChI is InChI=1S/C13H17BClNO4/c1-12(2)13(3,4)20-14(19-12)9-6-8(11(17)18-5)7-10(15)16-9/h6-7H,1-5H3. The summed E-state index contributed by atoms with van der Waals surface area (Å²) in [4.78, 5) is 15.8. The topological polar surface area (TPSA) is 57.7 Å². The van der Waals surface area contributed by atoms with Crippen molar-refractivity contribution in [3.63, 3.8) is 0 Å². The van der Waals surface area contributed by atoms with Crippen molar-refractivity contribution in [3.05, 3.63) is 22.8 Å². The Kier molecular flexibility index (Phi) is 3.84. The van der Waals surface area contributed by atoms with Gasteiger partial charge in [-0.3, -0.25) is 0 Å². The van der Waals surface area contributed by atoms with E-state index < -0.39 is 24.3 Å². The highest BCUT2D eigenvalue weighted by molar-refractivity contribution is 6.61. The van der Waals surface area contributed by atoms with E-state index in [1.165, 1.54) is 13.2 Å². The molecule has 7 heteroatoms. The maximum absolute atomic E-state index is 11.6. The molecule has 1 saturated heterocycles. The molecule has 1 fully saturated rings. The lowest BCUT2D eigenvalue weighted by atomic mass is 9.83. The predicted molar refractivity (Wildman–Crippen MR) is 76.3 cm³/mol. The Labute approximate surface area is 123 Å². The number of esters is 1. The average molecular weight is 298 g/mol. The summed E-state index contributed by atoms with van der Waals surface area (Å²) in [7, 11) is 0.646. The number of aromatic nitrogens is 1. The number of carbonyl (C=O) groups is 1. The third-order valence-electron chi connectivity index (χ3n) is 3.73. The molecule has 2 rings (SSSR count). The average Bonchev–Trinajstić information content (AvgIpc) is 2.57. The Bertz CT molecular complexity index is 531. The van der Waals surface area contributed by atoms with Crippen LogP contribution < -0.4 is 5.59 Å². The molecule has 0 saturated carbocycles. The summed E-state index contributed by atoms with van der Waals surface area (Å²) in [6.45, 7) is 7.77. The van der Waals surface area contributed by atoms with E-state index >= 15 is 0 Å². The van der Waals surface area contributed by atoms with Gasteiger partial charge in [0.2, 0.25) is 0 Å². The van der Waals surface area contributed by atoms with E-state index in [0.29, 0.717) is 11.2 Å². The van der Waals surface area contributed by atoms with E-state index in [9.17, 15) is 4.79 Å². The summed E-state index contributed by atoms with van der Waals surface area (Å²) in [6, 6.07) is 3.02. The van der Waals surface area contributed by atoms with E-state index in [2.05, 4.69) is 9.72 Å². The molecule has 0 amide bonds. The van der Waals surface area contributed by atoms with E-state index in [4.69, 9.17) is 20.9 Å². The van der Waals surface area contributed by atoms with Gasteiger partial charge < -0.3 is 14.0 Å². The van der Waals surface area contributed by atoms with Gasteiger partial charge in [-0.1, -0.05) is 11.6 Å². The number of halogens is 1. The van der Waals surface area contributed by atoms with Gasteiger partial charge in [-0.05, 0) is 39.8 Å². The molecule has 0 aliphatic carbocycles. The number of carbonyl (C=O) groups excluding carboxylic acids is 1. The molecule has 1 aliphatic rings. The fourth-order valence-electron chi connectivity index (χ4n) is 1.84. The van der Waals surface area contributed by atoms with Crippen LogP contribution in [-0.2, 0) is 14.0 Å². The second-order valence-corrected chi connectivity index (χ2v) is 6.07. The van der Waals surface area contributed by atoms with Crippen molar-refractivity contribution in [3.8, 4) is 0 Å². The molecule has 20 heavy (non-hydrogen) atoms. The van der Waals surface area contributed by atoms with Crippen LogP contribution in [0.2, 0.25) is 5.15 Å². The monoisotopic (exact) mass is 297 g/mol. The summed E-state index contributed by atoms with van der Waals surface area (Å²) in [6.07, 6.45) is 0. The Morgan fingerprint density at radius 3 is 2.30 bits per heavy atom. The van der Waals surface area contributed by atoms with E-state index in [0.717, 1.165) is 0 Å². The summed E-state index contributed by atoms with van der Waals surface area (Å²) >= 11 is 5.94. The highest BCUT2D eigenvalue weighted by Gasteiger charge is 2.52. The van der Waals surface area contributed by atoms with Crippen LogP contribution in [0.3, 0.4) is 0 Å². The second kappa shape index (κ2) is 5.02. The smallest absolute Gasteiger partial charge is 0.465 e. The molecule has 0 unspecified atom stereocenters. The van der Waals surface area contributed by atoms with Crippen LogP contribution in [-0.4, -0.2) is 36.4 Å². The lowest BCUT2D eigenvalue weighted by molar-refractivity contribution is 0.00578. The molecule has 0 radical (unpaired) electrons. The number of pyridine rings is 1. The minimum Gasteiger partial charge on any atom is -0.465 e. The Hall–Kier alpha value is -1.11. The van der Waals surface area contributed by atoms with Gasteiger partial charge in [0, 0.05) is 0 Å². The zero-order chi connectivity index (χ0) is 15.1. The predicted octanol–water partition coefficient (Wildman–Crippen LogP) is 1.82. The van der Waals surface area contributed by atoms with Crippen molar-refractivity contribution >= 4 is 30.3 Å². The Balaban J connectivity index is 2.35. The van der Waals surface area contributed by atoms with Gasteiger partial charge in [0.05, 0.1) is 29.5 Å². The van der Waals surface area contributed by atoms with Gasteiger partial charge in [0.1, 0.15) is 5.15 Å². The quantitative estimate of drug-likeness (QED) is 0.473. The fraction of sp³-hybridized carbons (Fsp3) is 0.538. The third-order valence-corrected chi connectivity index (χ3v) is 3.92. The van der Waals surface area contributed by atoms with Gasteiger partial charge in [0.15, 0.2) is 0 Å². The highest BCUT2D eigenvalue weighted by Crippen LogP contribution is 2.36. The zero-order valence-corrected chi connectivity index (χ0v) is 12.9. The van der Waals surface area contributed by atoms with Crippen molar-refractivity contribution in [2.24, 2.45) is 0 Å². The van der Waals surface area contributed by atoms with Crippen LogP contribution in [0.25, 0.3) is 0 Å².